The van der Waals surface area contributed by atoms with E-state index < -0.39 is 11.6 Å². The smallest absolute Gasteiger partial charge is 0.248 e. The molecular formula is C23H29ClN4O4. The molecule has 0 saturated heterocycles. The van der Waals surface area contributed by atoms with E-state index in [1.54, 1.807) is 61.3 Å². The van der Waals surface area contributed by atoms with Gasteiger partial charge in [-0.1, -0.05) is 37.6 Å². The molecule has 1 amide bonds. The van der Waals surface area contributed by atoms with Crippen LogP contribution in [0.2, 0.25) is 5.02 Å². The van der Waals surface area contributed by atoms with Crippen molar-refractivity contribution in [2.24, 2.45) is 5.92 Å². The van der Waals surface area contributed by atoms with Gasteiger partial charge in [0.15, 0.2) is 11.7 Å². The molecule has 3 aromatic rings. The van der Waals surface area contributed by atoms with Crippen molar-refractivity contribution in [3.8, 4) is 17.4 Å². The van der Waals surface area contributed by atoms with Crippen molar-refractivity contribution in [2.45, 2.75) is 52.3 Å². The van der Waals surface area contributed by atoms with Crippen LogP contribution in [0.5, 0.6) is 17.4 Å². The average Bonchev–Trinajstić information content (AvgIpc) is 3.26. The fourth-order valence-electron chi connectivity index (χ4n) is 3.32. The molecule has 0 aliphatic carbocycles. The fraction of sp³-hybridized carbons (Fsp3) is 0.391. The summed E-state index contributed by atoms with van der Waals surface area (Å²) in [7, 11) is 0. The van der Waals surface area contributed by atoms with Crippen LogP contribution < -0.4 is 10.1 Å². The number of halogens is 1. The topological polar surface area (TPSA) is 102 Å². The Bertz CT molecular complexity index is 1070. The molecular weight excluding hydrogens is 432 g/mol. The second-order valence-electron chi connectivity index (χ2n) is 8.82. The van der Waals surface area contributed by atoms with Crippen LogP contribution in [-0.2, 0) is 11.3 Å². The number of amides is 1. The first-order chi connectivity index (χ1) is 15.0. The first-order valence-corrected chi connectivity index (χ1v) is 10.8. The van der Waals surface area contributed by atoms with Crippen LogP contribution in [-0.4, -0.2) is 36.1 Å². The number of para-hydroxylation sites is 1. The summed E-state index contributed by atoms with van der Waals surface area (Å²) in [6.07, 6.45) is 3.76. The highest BCUT2D eigenvalue weighted by atomic mass is 35.5. The van der Waals surface area contributed by atoms with Gasteiger partial charge in [-0.25, -0.2) is 0 Å². The van der Waals surface area contributed by atoms with Crippen molar-refractivity contribution in [1.29, 1.82) is 0 Å². The van der Waals surface area contributed by atoms with Gasteiger partial charge >= 0.3 is 0 Å². The molecule has 0 unspecified atom stereocenters. The third-order valence-electron chi connectivity index (χ3n) is 4.64. The minimum atomic E-state index is -0.928. The van der Waals surface area contributed by atoms with Crippen LogP contribution >= 0.6 is 11.6 Å². The van der Waals surface area contributed by atoms with Gasteiger partial charge in [0, 0.05) is 18.3 Å². The number of carbonyl (C=O) groups excluding carboxylic acids is 1. The van der Waals surface area contributed by atoms with Crippen molar-refractivity contribution in [1.82, 2.24) is 14.3 Å². The zero-order valence-electron chi connectivity index (χ0n) is 18.6. The lowest BCUT2D eigenvalue weighted by Gasteiger charge is -2.20. The van der Waals surface area contributed by atoms with Crippen molar-refractivity contribution < 1.29 is 19.7 Å². The van der Waals surface area contributed by atoms with Crippen LogP contribution in [0.1, 0.15) is 40.2 Å². The van der Waals surface area contributed by atoms with Gasteiger partial charge in [0.05, 0.1) is 23.4 Å². The van der Waals surface area contributed by atoms with Gasteiger partial charge in [0.2, 0.25) is 5.91 Å². The molecule has 0 aliphatic rings. The summed E-state index contributed by atoms with van der Waals surface area (Å²) < 4.78 is 8.84. The molecule has 0 spiro atoms. The van der Waals surface area contributed by atoms with Crippen LogP contribution in [0.3, 0.4) is 0 Å². The molecule has 9 heteroatoms. The first kappa shape index (κ1) is 23.7. The number of nitrogens with zero attached hydrogens (tertiary/aromatic N) is 3. The summed E-state index contributed by atoms with van der Waals surface area (Å²) in [5, 5.41) is 28.0. The standard InChI is InChI=1S/C23H29ClN4O4/c1-15(2)11-18(22(30)25-20-9-10-27(26-20)14-23(3,4)31)28-13-16(12-21(28)29)32-19-8-6-5-7-17(19)24/h5-10,12-13,15,18,29,31H,11,14H2,1-4H3,(H,25,26,30)/t18-/m0/s1. The van der Waals surface area contributed by atoms with E-state index >= 15 is 0 Å². The van der Waals surface area contributed by atoms with E-state index in [2.05, 4.69) is 10.4 Å². The molecule has 2 aromatic heterocycles. The van der Waals surface area contributed by atoms with Crippen LogP contribution in [0.15, 0.2) is 48.8 Å². The molecule has 8 nitrogen and oxygen atoms in total. The highest BCUT2D eigenvalue weighted by Crippen LogP contribution is 2.34. The Labute approximate surface area is 192 Å². The summed E-state index contributed by atoms with van der Waals surface area (Å²) in [6, 6.07) is 9.45. The van der Waals surface area contributed by atoms with Gasteiger partial charge in [-0.2, -0.15) is 5.10 Å². The van der Waals surface area contributed by atoms with Crippen molar-refractivity contribution >= 4 is 23.3 Å². The number of aromatic nitrogens is 3. The van der Waals surface area contributed by atoms with E-state index in [1.165, 1.54) is 10.6 Å². The molecule has 3 N–H and O–H groups in total. The number of hydrogen-bond acceptors (Lipinski definition) is 5. The van der Waals surface area contributed by atoms with Crippen LogP contribution in [0.4, 0.5) is 5.82 Å². The number of hydrogen-bond donors (Lipinski definition) is 3. The van der Waals surface area contributed by atoms with Crippen LogP contribution in [0.25, 0.3) is 0 Å². The summed E-state index contributed by atoms with van der Waals surface area (Å²) in [4.78, 5) is 13.1. The number of rotatable bonds is 9. The number of aliphatic hydroxyl groups is 1. The number of aromatic hydroxyl groups is 1. The van der Waals surface area contributed by atoms with Gasteiger partial charge in [0.1, 0.15) is 17.5 Å². The van der Waals surface area contributed by atoms with Crippen molar-refractivity contribution in [2.75, 3.05) is 5.32 Å². The number of carbonyl (C=O) groups is 1. The predicted molar refractivity (Wildman–Crippen MR) is 123 cm³/mol. The lowest BCUT2D eigenvalue weighted by Crippen LogP contribution is -2.28. The van der Waals surface area contributed by atoms with Gasteiger partial charge in [-0.15, -0.1) is 0 Å². The Morgan fingerprint density at radius 2 is 2.00 bits per heavy atom. The van der Waals surface area contributed by atoms with Crippen molar-refractivity contribution in [3.63, 3.8) is 0 Å². The molecule has 0 radical (unpaired) electrons. The van der Waals surface area contributed by atoms with Gasteiger partial charge < -0.3 is 24.8 Å². The average molecular weight is 461 g/mol. The van der Waals surface area contributed by atoms with Crippen molar-refractivity contribution in [3.05, 3.63) is 53.8 Å². The second kappa shape index (κ2) is 9.67. The second-order valence-corrected chi connectivity index (χ2v) is 9.23. The third-order valence-corrected chi connectivity index (χ3v) is 4.95. The molecule has 1 aromatic carbocycles. The Kier molecular flexibility index (Phi) is 7.16. The zero-order valence-corrected chi connectivity index (χ0v) is 19.4. The minimum absolute atomic E-state index is 0.0968. The van der Waals surface area contributed by atoms with Crippen LogP contribution in [0, 0.1) is 5.92 Å². The maximum Gasteiger partial charge on any atom is 0.248 e. The van der Waals surface area contributed by atoms with E-state index in [9.17, 15) is 15.0 Å². The Morgan fingerprint density at radius 3 is 2.66 bits per heavy atom. The number of anilines is 1. The molecule has 32 heavy (non-hydrogen) atoms. The minimum Gasteiger partial charge on any atom is -0.494 e. The summed E-state index contributed by atoms with van der Waals surface area (Å²) in [5.74, 6) is 0.961. The Morgan fingerprint density at radius 1 is 1.28 bits per heavy atom. The highest BCUT2D eigenvalue weighted by Gasteiger charge is 2.26. The summed E-state index contributed by atoms with van der Waals surface area (Å²) in [5.41, 5.74) is -0.928. The largest absolute Gasteiger partial charge is 0.494 e. The van der Waals surface area contributed by atoms with Gasteiger partial charge in [0.25, 0.3) is 0 Å². The maximum atomic E-state index is 13.1. The molecule has 0 saturated carbocycles. The molecule has 3 rings (SSSR count). The lowest BCUT2D eigenvalue weighted by atomic mass is 10.0. The monoisotopic (exact) mass is 460 g/mol. The summed E-state index contributed by atoms with van der Waals surface area (Å²) in [6.45, 7) is 7.66. The van der Waals surface area contributed by atoms with E-state index in [4.69, 9.17) is 16.3 Å². The third kappa shape index (κ3) is 6.27. The summed E-state index contributed by atoms with van der Waals surface area (Å²) >= 11 is 6.15. The Hall–Kier alpha value is -2.97. The Balaban J connectivity index is 1.79. The lowest BCUT2D eigenvalue weighted by molar-refractivity contribution is -0.119. The van der Waals surface area contributed by atoms with E-state index in [1.807, 2.05) is 13.8 Å². The number of benzene rings is 1. The number of nitrogens with one attached hydrogen (secondary N) is 1. The fourth-order valence-corrected chi connectivity index (χ4v) is 3.49. The first-order valence-electron chi connectivity index (χ1n) is 10.4. The van der Waals surface area contributed by atoms with Gasteiger partial charge in [-0.05, 0) is 38.3 Å². The SMILES string of the molecule is CC(C)C[C@@H](C(=O)Nc1ccn(CC(C)(C)O)n1)n1cc(Oc2ccccc2Cl)cc1O. The van der Waals surface area contributed by atoms with E-state index in [0.29, 0.717) is 35.3 Å². The molecule has 0 bridgehead atoms. The normalized spacial score (nSPS) is 12.7. The number of ether oxygens (including phenoxy) is 1. The van der Waals surface area contributed by atoms with E-state index in [-0.39, 0.29) is 17.7 Å². The molecule has 0 fully saturated rings. The quantitative estimate of drug-likeness (QED) is 0.424. The molecule has 172 valence electrons. The molecule has 2 heterocycles. The highest BCUT2D eigenvalue weighted by molar-refractivity contribution is 6.32. The van der Waals surface area contributed by atoms with Gasteiger partial charge in [-0.3, -0.25) is 9.48 Å². The maximum absolute atomic E-state index is 13.1. The molecule has 0 aliphatic heterocycles. The van der Waals surface area contributed by atoms with E-state index in [0.717, 1.165) is 0 Å². The zero-order chi connectivity index (χ0) is 23.5. The predicted octanol–water partition coefficient (Wildman–Crippen LogP) is 4.83. The molecule has 1 atom stereocenters.